The van der Waals surface area contributed by atoms with E-state index in [0.717, 1.165) is 16.4 Å². The van der Waals surface area contributed by atoms with Crippen molar-refractivity contribution < 1.29 is 9.18 Å². The van der Waals surface area contributed by atoms with Crippen molar-refractivity contribution in [2.75, 3.05) is 0 Å². The number of carbonyl (C=O) groups excluding carboxylic acids is 1. The van der Waals surface area contributed by atoms with Gasteiger partial charge in [-0.3, -0.25) is 4.79 Å². The van der Waals surface area contributed by atoms with E-state index in [1.165, 1.54) is 23.5 Å². The van der Waals surface area contributed by atoms with Crippen molar-refractivity contribution in [2.24, 2.45) is 0 Å². The molecule has 2 aromatic heterocycles. The lowest BCUT2D eigenvalue weighted by atomic mass is 10.1. The molecule has 25 heavy (non-hydrogen) atoms. The highest BCUT2D eigenvalue weighted by Gasteiger charge is 2.20. The minimum absolute atomic E-state index is 0.0438. The molecule has 0 unspecified atom stereocenters. The summed E-state index contributed by atoms with van der Waals surface area (Å²) in [7, 11) is 0. The van der Waals surface area contributed by atoms with E-state index in [1.54, 1.807) is 6.07 Å². The van der Waals surface area contributed by atoms with Crippen LogP contribution in [0.2, 0.25) is 5.02 Å². The minimum Gasteiger partial charge on any atom is -0.347 e. The van der Waals surface area contributed by atoms with Crippen molar-refractivity contribution in [1.82, 2.24) is 14.9 Å². The number of nitrogens with one attached hydrogen (secondary N) is 1. The van der Waals surface area contributed by atoms with Crippen molar-refractivity contribution in [3.63, 3.8) is 0 Å². The van der Waals surface area contributed by atoms with Crippen LogP contribution in [0, 0.1) is 5.82 Å². The molecule has 1 aromatic carbocycles. The number of halogens is 2. The Hall–Kier alpha value is -2.18. The van der Waals surface area contributed by atoms with Crippen LogP contribution in [0.5, 0.6) is 0 Å². The predicted octanol–water partition coefficient (Wildman–Crippen LogP) is 4.78. The van der Waals surface area contributed by atoms with Gasteiger partial charge in [-0.1, -0.05) is 42.9 Å². The fourth-order valence-electron chi connectivity index (χ4n) is 2.36. The highest BCUT2D eigenvalue weighted by molar-refractivity contribution is 7.16. The number of nitrogens with zero attached hydrogens (tertiary/aromatic N) is 2. The van der Waals surface area contributed by atoms with Gasteiger partial charge in [0.15, 0.2) is 5.13 Å². The summed E-state index contributed by atoms with van der Waals surface area (Å²) in [6, 6.07) is 8.23. The number of thiazole rings is 1. The predicted molar refractivity (Wildman–Crippen MR) is 98.1 cm³/mol. The molecule has 2 heterocycles. The zero-order valence-corrected chi connectivity index (χ0v) is 15.4. The number of hydrogen-bond acceptors (Lipinski definition) is 3. The first-order valence-corrected chi connectivity index (χ1v) is 9.01. The molecular weight excluding hydrogens is 361 g/mol. The van der Waals surface area contributed by atoms with Gasteiger partial charge in [-0.25, -0.2) is 9.37 Å². The summed E-state index contributed by atoms with van der Waals surface area (Å²) in [4.78, 5) is 17.8. The Labute approximate surface area is 154 Å². The van der Waals surface area contributed by atoms with Crippen LogP contribution >= 0.6 is 22.9 Å². The van der Waals surface area contributed by atoms with Crippen molar-refractivity contribution in [3.05, 3.63) is 69.7 Å². The van der Waals surface area contributed by atoms with Crippen LogP contribution in [0.4, 0.5) is 4.39 Å². The normalized spacial score (nSPS) is 11.1. The number of amides is 1. The van der Waals surface area contributed by atoms with Gasteiger partial charge >= 0.3 is 0 Å². The molecule has 0 aliphatic heterocycles. The Morgan fingerprint density at radius 1 is 1.36 bits per heavy atom. The van der Waals surface area contributed by atoms with Gasteiger partial charge in [0.25, 0.3) is 5.91 Å². The van der Waals surface area contributed by atoms with Crippen LogP contribution in [-0.2, 0) is 6.54 Å². The maximum absolute atomic E-state index is 13.2. The van der Waals surface area contributed by atoms with Gasteiger partial charge in [0.1, 0.15) is 10.7 Å². The Bertz CT molecular complexity index is 890. The van der Waals surface area contributed by atoms with Crippen LogP contribution in [0.1, 0.15) is 40.7 Å². The lowest BCUT2D eigenvalue weighted by Crippen LogP contribution is -2.23. The second-order valence-corrected chi connectivity index (χ2v) is 7.27. The summed E-state index contributed by atoms with van der Waals surface area (Å²) < 4.78 is 15.1. The van der Waals surface area contributed by atoms with E-state index in [0.29, 0.717) is 4.88 Å². The fraction of sp³-hybridized carbons (Fsp3) is 0.222. The largest absolute Gasteiger partial charge is 0.347 e. The van der Waals surface area contributed by atoms with Crippen LogP contribution < -0.4 is 5.32 Å². The molecular formula is C18H17ClFN3OS. The summed E-state index contributed by atoms with van der Waals surface area (Å²) in [5, 5.41) is 3.65. The zero-order chi connectivity index (χ0) is 18.0. The molecule has 0 bridgehead atoms. The molecule has 0 spiro atoms. The first kappa shape index (κ1) is 17.6. The smallest absolute Gasteiger partial charge is 0.263 e. The van der Waals surface area contributed by atoms with Gasteiger partial charge < -0.3 is 9.88 Å². The molecule has 4 nitrogen and oxygen atoms in total. The van der Waals surface area contributed by atoms with Crippen molar-refractivity contribution in [1.29, 1.82) is 0 Å². The molecule has 0 radical (unpaired) electrons. The van der Waals surface area contributed by atoms with E-state index >= 15 is 0 Å². The van der Waals surface area contributed by atoms with E-state index in [4.69, 9.17) is 11.6 Å². The first-order valence-electron chi connectivity index (χ1n) is 7.82. The second-order valence-electron chi connectivity index (χ2n) is 5.89. The summed E-state index contributed by atoms with van der Waals surface area (Å²) in [5.41, 5.74) is 1.50. The second kappa shape index (κ2) is 7.37. The molecule has 0 aliphatic rings. The Kier molecular flexibility index (Phi) is 5.20. The monoisotopic (exact) mass is 377 g/mol. The molecule has 0 saturated heterocycles. The Morgan fingerprint density at radius 3 is 2.72 bits per heavy atom. The molecule has 0 fully saturated rings. The van der Waals surface area contributed by atoms with Crippen LogP contribution in [0.3, 0.4) is 0 Å². The average molecular weight is 378 g/mol. The van der Waals surface area contributed by atoms with E-state index in [-0.39, 0.29) is 23.4 Å². The standard InChI is InChI=1S/C18H17ClFN3OS/c1-11(2)15-16(25-18(22-15)23-7-3-4-8-23)17(24)21-10-12-5-6-14(20)13(19)9-12/h3-9,11H,10H2,1-2H3,(H,21,24). The van der Waals surface area contributed by atoms with Gasteiger partial charge in [-0.2, -0.15) is 0 Å². The first-order chi connectivity index (χ1) is 12.0. The molecule has 3 aromatic rings. The average Bonchev–Trinajstić information content (AvgIpc) is 3.24. The van der Waals surface area contributed by atoms with E-state index in [9.17, 15) is 9.18 Å². The number of hydrogen-bond donors (Lipinski definition) is 1. The lowest BCUT2D eigenvalue weighted by molar-refractivity contribution is 0.0953. The highest BCUT2D eigenvalue weighted by Crippen LogP contribution is 2.27. The van der Waals surface area contributed by atoms with Crippen LogP contribution in [-0.4, -0.2) is 15.5 Å². The zero-order valence-electron chi connectivity index (χ0n) is 13.8. The number of benzene rings is 1. The summed E-state index contributed by atoms with van der Waals surface area (Å²) in [6.45, 7) is 4.28. The van der Waals surface area contributed by atoms with Crippen molar-refractivity contribution >= 4 is 28.8 Å². The molecule has 0 aliphatic carbocycles. The third-order valence-corrected chi connectivity index (χ3v) is 5.03. The SMILES string of the molecule is CC(C)c1nc(-n2cccc2)sc1C(=O)NCc1ccc(F)c(Cl)c1. The van der Waals surface area contributed by atoms with E-state index in [1.807, 2.05) is 42.9 Å². The summed E-state index contributed by atoms with van der Waals surface area (Å²) in [6.07, 6.45) is 3.79. The van der Waals surface area contributed by atoms with Crippen LogP contribution in [0.15, 0.2) is 42.7 Å². The molecule has 0 saturated carbocycles. The lowest BCUT2D eigenvalue weighted by Gasteiger charge is -2.07. The maximum atomic E-state index is 13.2. The topological polar surface area (TPSA) is 46.9 Å². The summed E-state index contributed by atoms with van der Waals surface area (Å²) >= 11 is 7.12. The highest BCUT2D eigenvalue weighted by atomic mass is 35.5. The Balaban J connectivity index is 1.80. The minimum atomic E-state index is -0.474. The molecule has 3 rings (SSSR count). The number of rotatable bonds is 5. The van der Waals surface area contributed by atoms with Crippen LogP contribution in [0.25, 0.3) is 5.13 Å². The quantitative estimate of drug-likeness (QED) is 0.695. The molecule has 1 amide bonds. The molecule has 1 N–H and O–H groups in total. The van der Waals surface area contributed by atoms with Gasteiger partial charge in [0.2, 0.25) is 0 Å². The van der Waals surface area contributed by atoms with Gasteiger partial charge in [-0.05, 0) is 35.7 Å². The summed E-state index contributed by atoms with van der Waals surface area (Å²) in [5.74, 6) is -0.542. The molecule has 0 atom stereocenters. The van der Waals surface area contributed by atoms with E-state index in [2.05, 4.69) is 10.3 Å². The third kappa shape index (κ3) is 3.91. The third-order valence-electron chi connectivity index (χ3n) is 3.66. The molecule has 7 heteroatoms. The molecule has 130 valence electrons. The Morgan fingerprint density at radius 2 is 2.08 bits per heavy atom. The maximum Gasteiger partial charge on any atom is 0.263 e. The van der Waals surface area contributed by atoms with Gasteiger partial charge in [-0.15, -0.1) is 0 Å². The van der Waals surface area contributed by atoms with Crippen molar-refractivity contribution in [3.8, 4) is 5.13 Å². The number of aromatic nitrogens is 2. The number of carbonyl (C=O) groups is 1. The van der Waals surface area contributed by atoms with Gasteiger partial charge in [0, 0.05) is 18.9 Å². The van der Waals surface area contributed by atoms with Gasteiger partial charge in [0.05, 0.1) is 10.7 Å². The van der Waals surface area contributed by atoms with E-state index < -0.39 is 5.82 Å². The van der Waals surface area contributed by atoms with Crippen molar-refractivity contribution in [2.45, 2.75) is 26.3 Å². The fourth-order valence-corrected chi connectivity index (χ4v) is 3.67.